The summed E-state index contributed by atoms with van der Waals surface area (Å²) >= 11 is 0. The standard InChI is InChI=1S/C32H44O10/c1-29(2,3)39-25(33)17-18(26(34)40-30(4,5)6)22-14-13(21(17)37-22)15-16(14)24-20(28(36)42-32(10,11)12)19(23(15)38-24)27(35)41-31(7,8)9/h13-16,21-24H,1-12H3/t13?,14?,15?,16?,21-,22+,23+,24-. The molecule has 0 unspecified atom stereocenters. The molecule has 0 amide bonds. The van der Waals surface area contributed by atoms with Gasteiger partial charge in [0.2, 0.25) is 0 Å². The highest BCUT2D eigenvalue weighted by Crippen LogP contribution is 2.70. The maximum Gasteiger partial charge on any atom is 0.337 e. The molecule has 1 aliphatic carbocycles. The third-order valence-corrected chi connectivity index (χ3v) is 7.96. The zero-order valence-corrected chi connectivity index (χ0v) is 26.7. The molecule has 0 aromatic heterocycles. The second kappa shape index (κ2) is 9.39. The minimum atomic E-state index is -0.795. The predicted octanol–water partition coefficient (Wildman–Crippen LogP) is 3.99. The van der Waals surface area contributed by atoms with E-state index < -0.39 is 70.7 Å². The molecule has 0 N–H and O–H groups in total. The number of esters is 4. The predicted molar refractivity (Wildman–Crippen MR) is 149 cm³/mol. The van der Waals surface area contributed by atoms with E-state index in [0.717, 1.165) is 0 Å². The van der Waals surface area contributed by atoms with Crippen LogP contribution in [0.5, 0.6) is 0 Å². The van der Waals surface area contributed by atoms with E-state index in [9.17, 15) is 19.2 Å². The lowest BCUT2D eigenvalue weighted by molar-refractivity contribution is -0.156. The van der Waals surface area contributed by atoms with Crippen molar-refractivity contribution in [3.8, 4) is 0 Å². The summed E-state index contributed by atoms with van der Waals surface area (Å²) in [5, 5.41) is 0. The Morgan fingerprint density at radius 3 is 0.714 bits per heavy atom. The van der Waals surface area contributed by atoms with Crippen LogP contribution in [0.25, 0.3) is 0 Å². The van der Waals surface area contributed by atoms with Crippen LogP contribution in [0.2, 0.25) is 0 Å². The minimum absolute atomic E-state index is 0.168. The number of fused-ring (bicyclic) bond motifs is 12. The third-order valence-electron chi connectivity index (χ3n) is 7.96. The van der Waals surface area contributed by atoms with Gasteiger partial charge in [0.15, 0.2) is 0 Å². The first-order valence-electron chi connectivity index (χ1n) is 14.7. The van der Waals surface area contributed by atoms with Crippen LogP contribution < -0.4 is 0 Å². The largest absolute Gasteiger partial charge is 0.457 e. The van der Waals surface area contributed by atoms with Crippen LogP contribution >= 0.6 is 0 Å². The molecule has 0 aromatic carbocycles. The van der Waals surface area contributed by atoms with E-state index in [0.29, 0.717) is 0 Å². The number of hydrogen-bond acceptors (Lipinski definition) is 10. The van der Waals surface area contributed by atoms with Gasteiger partial charge in [-0.3, -0.25) is 0 Å². The third kappa shape index (κ3) is 5.19. The Labute approximate surface area is 247 Å². The first-order chi connectivity index (χ1) is 19.0. The van der Waals surface area contributed by atoms with E-state index in [4.69, 9.17) is 28.4 Å². The van der Waals surface area contributed by atoms with Gasteiger partial charge in [0.1, 0.15) is 22.4 Å². The summed E-state index contributed by atoms with van der Waals surface area (Å²) in [6.45, 7) is 21.1. The van der Waals surface area contributed by atoms with Crippen LogP contribution in [-0.2, 0) is 47.6 Å². The average molecular weight is 589 g/mol. The van der Waals surface area contributed by atoms with Gasteiger partial charge in [-0.15, -0.1) is 0 Å². The summed E-state index contributed by atoms with van der Waals surface area (Å²) in [5.74, 6) is -3.39. The van der Waals surface area contributed by atoms with Crippen LogP contribution in [0.3, 0.4) is 0 Å². The molecular weight excluding hydrogens is 544 g/mol. The molecule has 0 aromatic rings. The minimum Gasteiger partial charge on any atom is -0.457 e. The molecule has 232 valence electrons. The van der Waals surface area contributed by atoms with Crippen molar-refractivity contribution in [3.05, 3.63) is 22.3 Å². The van der Waals surface area contributed by atoms with Crippen molar-refractivity contribution < 1.29 is 47.6 Å². The van der Waals surface area contributed by atoms with Crippen LogP contribution in [0.4, 0.5) is 0 Å². The summed E-state index contributed by atoms with van der Waals surface area (Å²) < 4.78 is 35.6. The SMILES string of the molecule is CC(C)(C)OC(=O)C1=C(C(=O)OC(C)(C)C)[C@@H]2O[C@H]1C1C2C2C1[C@H]1O[C@@H]2C(C(=O)OC(C)(C)C)=C1C(=O)OC(C)(C)C. The Morgan fingerprint density at radius 2 is 0.571 bits per heavy atom. The van der Waals surface area contributed by atoms with Crippen molar-refractivity contribution in [1.82, 2.24) is 0 Å². The Bertz CT molecular complexity index is 1090. The first-order valence-corrected chi connectivity index (χ1v) is 14.7. The van der Waals surface area contributed by atoms with Crippen molar-refractivity contribution in [2.24, 2.45) is 23.7 Å². The first kappa shape index (κ1) is 30.7. The van der Waals surface area contributed by atoms with Gasteiger partial charge >= 0.3 is 23.9 Å². The highest BCUT2D eigenvalue weighted by Gasteiger charge is 2.77. The number of carbonyl (C=O) groups is 4. The molecule has 0 radical (unpaired) electrons. The topological polar surface area (TPSA) is 124 Å². The molecule has 10 heteroatoms. The van der Waals surface area contributed by atoms with Crippen molar-refractivity contribution >= 4 is 23.9 Å². The highest BCUT2D eigenvalue weighted by molar-refractivity contribution is 6.05. The van der Waals surface area contributed by atoms with Gasteiger partial charge in [-0.1, -0.05) is 0 Å². The summed E-state index contributed by atoms with van der Waals surface area (Å²) in [4.78, 5) is 54.1. The molecule has 2 saturated heterocycles. The summed E-state index contributed by atoms with van der Waals surface area (Å²) in [6.07, 6.45) is -2.92. The van der Waals surface area contributed by atoms with Gasteiger partial charge < -0.3 is 28.4 Å². The van der Waals surface area contributed by atoms with E-state index >= 15 is 0 Å². The maximum atomic E-state index is 13.5. The van der Waals surface area contributed by atoms with Crippen LogP contribution in [-0.4, -0.2) is 70.7 Å². The zero-order chi connectivity index (χ0) is 31.5. The Hall–Kier alpha value is -2.72. The second-order valence-electron chi connectivity index (χ2n) is 15.9. The monoisotopic (exact) mass is 588 g/mol. The molecule has 4 aliphatic heterocycles. The van der Waals surface area contributed by atoms with E-state index in [1.807, 2.05) is 0 Å². The fraction of sp³-hybridized carbons (Fsp3) is 0.750. The molecule has 4 atom stereocenters. The zero-order valence-electron chi connectivity index (χ0n) is 26.7. The Kier molecular flexibility index (Phi) is 6.87. The van der Waals surface area contributed by atoms with Gasteiger partial charge in [0.25, 0.3) is 0 Å². The Balaban J connectivity index is 1.54. The van der Waals surface area contributed by atoms with Gasteiger partial charge in [-0.05, 0) is 83.1 Å². The molecule has 4 heterocycles. The van der Waals surface area contributed by atoms with E-state index in [-0.39, 0.29) is 46.0 Å². The fourth-order valence-electron chi connectivity index (χ4n) is 7.07. The van der Waals surface area contributed by atoms with E-state index in [1.165, 1.54) is 0 Å². The van der Waals surface area contributed by atoms with Gasteiger partial charge in [0, 0.05) is 23.7 Å². The maximum absolute atomic E-state index is 13.5. The van der Waals surface area contributed by atoms with Crippen LogP contribution in [0.1, 0.15) is 83.1 Å². The van der Waals surface area contributed by atoms with Crippen LogP contribution in [0.15, 0.2) is 22.3 Å². The number of carbonyl (C=O) groups excluding carboxylic acids is 4. The number of rotatable bonds is 4. The summed E-state index contributed by atoms with van der Waals surface area (Å²) in [6, 6.07) is 0. The molecule has 10 nitrogen and oxygen atoms in total. The van der Waals surface area contributed by atoms with Gasteiger partial charge in [-0.2, -0.15) is 0 Å². The smallest absolute Gasteiger partial charge is 0.337 e. The van der Waals surface area contributed by atoms with Crippen LogP contribution in [0, 0.1) is 23.7 Å². The lowest BCUT2D eigenvalue weighted by Gasteiger charge is -2.52. The van der Waals surface area contributed by atoms with Crippen molar-refractivity contribution in [1.29, 1.82) is 0 Å². The quantitative estimate of drug-likeness (QED) is 0.352. The van der Waals surface area contributed by atoms with Crippen molar-refractivity contribution in [3.63, 3.8) is 0 Å². The summed E-state index contributed by atoms with van der Waals surface area (Å²) in [5.41, 5.74) is -2.51. The van der Waals surface area contributed by atoms with E-state index in [1.54, 1.807) is 83.1 Å². The number of hydrogen-bond donors (Lipinski definition) is 0. The van der Waals surface area contributed by atoms with Crippen molar-refractivity contribution in [2.75, 3.05) is 0 Å². The molecule has 1 saturated carbocycles. The summed E-state index contributed by atoms with van der Waals surface area (Å²) in [7, 11) is 0. The van der Waals surface area contributed by atoms with Gasteiger partial charge in [-0.25, -0.2) is 19.2 Å². The lowest BCUT2D eigenvalue weighted by Crippen LogP contribution is -2.60. The fourth-order valence-corrected chi connectivity index (χ4v) is 7.07. The molecule has 4 bridgehead atoms. The van der Waals surface area contributed by atoms with E-state index in [2.05, 4.69) is 0 Å². The molecule has 0 spiro atoms. The second-order valence-corrected chi connectivity index (χ2v) is 15.9. The molecule has 5 aliphatic rings. The molecule has 3 fully saturated rings. The van der Waals surface area contributed by atoms with Crippen molar-refractivity contribution in [2.45, 2.75) is 130 Å². The normalized spacial score (nSPS) is 33.2. The average Bonchev–Trinajstić information content (AvgIpc) is 3.43. The number of ether oxygens (including phenoxy) is 6. The molecule has 42 heavy (non-hydrogen) atoms. The molecule has 5 rings (SSSR count). The van der Waals surface area contributed by atoms with Gasteiger partial charge in [0.05, 0.1) is 46.7 Å². The lowest BCUT2D eigenvalue weighted by atomic mass is 9.47. The molecular formula is C32H44O10. The highest BCUT2D eigenvalue weighted by atomic mass is 16.6. The Morgan fingerprint density at radius 1 is 0.405 bits per heavy atom.